The molecule has 0 spiro atoms. The highest BCUT2D eigenvalue weighted by molar-refractivity contribution is 7.08. The lowest BCUT2D eigenvalue weighted by Crippen LogP contribution is -2.34. The Bertz CT molecular complexity index is 536. The molecule has 0 saturated heterocycles. The van der Waals surface area contributed by atoms with Crippen molar-refractivity contribution in [2.75, 3.05) is 0 Å². The van der Waals surface area contributed by atoms with Crippen molar-refractivity contribution in [1.82, 2.24) is 0 Å². The van der Waals surface area contributed by atoms with Crippen molar-refractivity contribution in [1.29, 1.82) is 0 Å². The highest BCUT2D eigenvalue weighted by Gasteiger charge is 2.41. The van der Waals surface area contributed by atoms with E-state index in [0.29, 0.717) is 12.2 Å². The average Bonchev–Trinajstić information content (AvgIpc) is 3.11. The van der Waals surface area contributed by atoms with E-state index in [0.717, 1.165) is 18.4 Å². The Morgan fingerprint density at radius 3 is 2.47 bits per heavy atom. The van der Waals surface area contributed by atoms with Gasteiger partial charge in [0.25, 0.3) is 0 Å². The van der Waals surface area contributed by atoms with Gasteiger partial charge in [0, 0.05) is 6.42 Å². The second-order valence-electron chi connectivity index (χ2n) is 5.39. The fraction of sp³-hybridized carbons (Fsp3) is 0.353. The van der Waals surface area contributed by atoms with E-state index in [2.05, 4.69) is 23.6 Å². The molecule has 0 bridgehead atoms. The van der Waals surface area contributed by atoms with E-state index in [1.807, 2.05) is 23.6 Å². The van der Waals surface area contributed by atoms with Crippen LogP contribution in [0.4, 0.5) is 0 Å². The van der Waals surface area contributed by atoms with Crippen molar-refractivity contribution in [3.05, 3.63) is 58.3 Å². The van der Waals surface area contributed by atoms with Crippen LogP contribution in [0.3, 0.4) is 0 Å². The van der Waals surface area contributed by atoms with E-state index in [1.54, 1.807) is 11.3 Å². The van der Waals surface area contributed by atoms with Gasteiger partial charge in [-0.3, -0.25) is 4.79 Å². The van der Waals surface area contributed by atoms with Gasteiger partial charge < -0.3 is 0 Å². The first-order valence-electron chi connectivity index (χ1n) is 6.91. The lowest BCUT2D eigenvalue weighted by Gasteiger charge is -2.28. The van der Waals surface area contributed by atoms with E-state index in [1.165, 1.54) is 18.4 Å². The van der Waals surface area contributed by atoms with Gasteiger partial charge in [0.2, 0.25) is 0 Å². The van der Waals surface area contributed by atoms with Gasteiger partial charge in [-0.2, -0.15) is 11.3 Å². The molecule has 19 heavy (non-hydrogen) atoms. The summed E-state index contributed by atoms with van der Waals surface area (Å²) in [5.41, 5.74) is 2.16. The molecular formula is C17H18OS. The lowest BCUT2D eigenvalue weighted by molar-refractivity contribution is -0.123. The van der Waals surface area contributed by atoms with E-state index in [-0.39, 0.29) is 5.41 Å². The Kier molecular flexibility index (Phi) is 3.52. The topological polar surface area (TPSA) is 17.1 Å². The van der Waals surface area contributed by atoms with Crippen LogP contribution in [0.25, 0.3) is 0 Å². The summed E-state index contributed by atoms with van der Waals surface area (Å²) in [4.78, 5) is 12.8. The number of carbonyl (C=O) groups excluding carboxylic acids is 1. The summed E-state index contributed by atoms with van der Waals surface area (Å²) in [6.07, 6.45) is 4.95. The minimum Gasteiger partial charge on any atom is -0.298 e. The summed E-state index contributed by atoms with van der Waals surface area (Å²) in [7, 11) is 0. The molecule has 0 amide bonds. The highest BCUT2D eigenvalue weighted by atomic mass is 32.1. The molecule has 0 radical (unpaired) electrons. The van der Waals surface area contributed by atoms with Crippen molar-refractivity contribution in [2.45, 2.75) is 37.5 Å². The number of thiophene rings is 1. The van der Waals surface area contributed by atoms with Gasteiger partial charge in [-0.15, -0.1) is 0 Å². The van der Waals surface area contributed by atoms with E-state index >= 15 is 0 Å². The van der Waals surface area contributed by atoms with Gasteiger partial charge in [0.15, 0.2) is 0 Å². The van der Waals surface area contributed by atoms with Crippen LogP contribution in [0.1, 0.15) is 36.8 Å². The zero-order chi connectivity index (χ0) is 13.1. The molecule has 0 aliphatic heterocycles. The maximum Gasteiger partial charge on any atom is 0.147 e. The van der Waals surface area contributed by atoms with Gasteiger partial charge in [-0.05, 0) is 40.8 Å². The minimum atomic E-state index is -0.219. The van der Waals surface area contributed by atoms with Crippen molar-refractivity contribution >= 4 is 17.1 Å². The van der Waals surface area contributed by atoms with Crippen molar-refractivity contribution < 1.29 is 4.79 Å². The molecule has 3 rings (SSSR count). The second kappa shape index (κ2) is 5.30. The SMILES string of the molecule is O=C(Cc1ccsc1)C1(c2ccccc2)CCCC1. The third kappa shape index (κ3) is 2.37. The Balaban J connectivity index is 1.90. The Morgan fingerprint density at radius 1 is 1.11 bits per heavy atom. The zero-order valence-electron chi connectivity index (χ0n) is 11.0. The number of ketones is 1. The Morgan fingerprint density at radius 2 is 1.84 bits per heavy atom. The first-order chi connectivity index (χ1) is 9.31. The Hall–Kier alpha value is -1.41. The molecule has 1 aliphatic rings. The van der Waals surface area contributed by atoms with Gasteiger partial charge in [0.05, 0.1) is 5.41 Å². The van der Waals surface area contributed by atoms with Crippen LogP contribution in [0.15, 0.2) is 47.2 Å². The fourth-order valence-corrected chi connectivity index (χ4v) is 3.88. The number of carbonyl (C=O) groups is 1. The lowest BCUT2D eigenvalue weighted by atomic mass is 9.74. The molecular weight excluding hydrogens is 252 g/mol. The quantitative estimate of drug-likeness (QED) is 0.806. The fourth-order valence-electron chi connectivity index (χ4n) is 3.21. The van der Waals surface area contributed by atoms with Crippen LogP contribution in [-0.4, -0.2) is 5.78 Å². The third-order valence-electron chi connectivity index (χ3n) is 4.26. The number of Topliss-reactive ketones (excluding diaryl/α,β-unsaturated/α-hetero) is 1. The summed E-state index contributed by atoms with van der Waals surface area (Å²) in [5.74, 6) is 0.398. The van der Waals surface area contributed by atoms with Crippen LogP contribution < -0.4 is 0 Å². The largest absolute Gasteiger partial charge is 0.298 e. The molecule has 1 heterocycles. The summed E-state index contributed by atoms with van der Waals surface area (Å²) >= 11 is 1.67. The summed E-state index contributed by atoms with van der Waals surface area (Å²) in [6.45, 7) is 0. The first kappa shape index (κ1) is 12.6. The maximum atomic E-state index is 12.8. The number of hydrogen-bond donors (Lipinski definition) is 0. The van der Waals surface area contributed by atoms with Crippen LogP contribution in [0.2, 0.25) is 0 Å². The van der Waals surface area contributed by atoms with Crippen molar-refractivity contribution in [2.24, 2.45) is 0 Å². The second-order valence-corrected chi connectivity index (χ2v) is 6.17. The first-order valence-corrected chi connectivity index (χ1v) is 7.85. The molecule has 0 unspecified atom stereocenters. The molecule has 1 nitrogen and oxygen atoms in total. The molecule has 1 aromatic carbocycles. The summed E-state index contributed by atoms with van der Waals surface area (Å²) in [5, 5.41) is 4.14. The zero-order valence-corrected chi connectivity index (χ0v) is 11.8. The smallest absolute Gasteiger partial charge is 0.147 e. The molecule has 1 aliphatic carbocycles. The molecule has 0 N–H and O–H groups in total. The number of benzene rings is 1. The van der Waals surface area contributed by atoms with E-state index in [4.69, 9.17) is 0 Å². The molecule has 0 atom stereocenters. The Labute approximate surface area is 118 Å². The predicted molar refractivity (Wildman–Crippen MR) is 79.6 cm³/mol. The monoisotopic (exact) mass is 270 g/mol. The maximum absolute atomic E-state index is 12.8. The number of rotatable bonds is 4. The van der Waals surface area contributed by atoms with E-state index < -0.39 is 0 Å². The van der Waals surface area contributed by atoms with Crippen LogP contribution in [-0.2, 0) is 16.6 Å². The van der Waals surface area contributed by atoms with E-state index in [9.17, 15) is 4.79 Å². The van der Waals surface area contributed by atoms with Crippen LogP contribution in [0, 0.1) is 0 Å². The van der Waals surface area contributed by atoms with Crippen molar-refractivity contribution in [3.63, 3.8) is 0 Å². The third-order valence-corrected chi connectivity index (χ3v) is 4.99. The highest BCUT2D eigenvalue weighted by Crippen LogP contribution is 2.42. The standard InChI is InChI=1S/C17H18OS/c18-16(12-14-8-11-19-13-14)17(9-4-5-10-17)15-6-2-1-3-7-15/h1-3,6-8,11,13H,4-5,9-10,12H2. The molecule has 1 fully saturated rings. The predicted octanol–water partition coefficient (Wildman–Crippen LogP) is 4.37. The average molecular weight is 270 g/mol. The molecule has 1 saturated carbocycles. The molecule has 98 valence electrons. The van der Waals surface area contributed by atoms with Crippen LogP contribution >= 0.6 is 11.3 Å². The van der Waals surface area contributed by atoms with Gasteiger partial charge in [-0.25, -0.2) is 0 Å². The number of hydrogen-bond acceptors (Lipinski definition) is 2. The summed E-state index contributed by atoms with van der Waals surface area (Å²) in [6, 6.07) is 12.4. The molecule has 1 aromatic heterocycles. The van der Waals surface area contributed by atoms with Gasteiger partial charge in [-0.1, -0.05) is 43.2 Å². The summed E-state index contributed by atoms with van der Waals surface area (Å²) < 4.78 is 0. The van der Waals surface area contributed by atoms with Gasteiger partial charge in [0.1, 0.15) is 5.78 Å². The van der Waals surface area contributed by atoms with Crippen LogP contribution in [0.5, 0.6) is 0 Å². The van der Waals surface area contributed by atoms with Gasteiger partial charge >= 0.3 is 0 Å². The molecule has 2 heteroatoms. The minimum absolute atomic E-state index is 0.219. The molecule has 2 aromatic rings. The normalized spacial score (nSPS) is 17.5. The van der Waals surface area contributed by atoms with Crippen molar-refractivity contribution in [3.8, 4) is 0 Å².